The fourth-order valence-electron chi connectivity index (χ4n) is 1.02. The Balaban J connectivity index is 0. The standard InChI is InChI=1S/C9H19NO3.C2H6/c1-5-6-7-9(12-4)10(3)13-8(2)11;1-2/h5,8-9,11H,1,6-7H2,2-4H3;1-2H3. The number of nitrogens with zero attached hydrogens (tertiary/aromatic N) is 1. The van der Waals surface area contributed by atoms with Gasteiger partial charge in [0.25, 0.3) is 0 Å². The molecule has 2 unspecified atom stereocenters. The Hall–Kier alpha value is -0.420. The molecule has 0 saturated carbocycles. The Morgan fingerprint density at radius 2 is 2.00 bits per heavy atom. The van der Waals surface area contributed by atoms with Gasteiger partial charge in [-0.3, -0.25) is 4.84 Å². The average Bonchev–Trinajstić information content (AvgIpc) is 2.21. The van der Waals surface area contributed by atoms with Crippen LogP contribution in [0.5, 0.6) is 0 Å². The minimum atomic E-state index is -0.814. The van der Waals surface area contributed by atoms with E-state index in [1.807, 2.05) is 19.9 Å². The Bertz CT molecular complexity index is 140. The predicted molar refractivity (Wildman–Crippen MR) is 62.1 cm³/mol. The fraction of sp³-hybridized carbons (Fsp3) is 0.818. The summed E-state index contributed by atoms with van der Waals surface area (Å²) in [5.41, 5.74) is 0. The van der Waals surface area contributed by atoms with Crippen LogP contribution in [0, 0.1) is 0 Å². The number of ether oxygens (including phenoxy) is 1. The second kappa shape index (κ2) is 11.7. The lowest BCUT2D eigenvalue weighted by Gasteiger charge is -2.26. The van der Waals surface area contributed by atoms with E-state index in [2.05, 4.69) is 6.58 Å². The molecule has 0 rings (SSSR count). The Kier molecular flexibility index (Phi) is 13.2. The molecule has 1 N–H and O–H groups in total. The molecule has 92 valence electrons. The van der Waals surface area contributed by atoms with Crippen LogP contribution in [0.2, 0.25) is 0 Å². The van der Waals surface area contributed by atoms with Crippen LogP contribution in [0.25, 0.3) is 0 Å². The summed E-state index contributed by atoms with van der Waals surface area (Å²) in [6, 6.07) is 0. The van der Waals surface area contributed by atoms with E-state index >= 15 is 0 Å². The summed E-state index contributed by atoms with van der Waals surface area (Å²) in [7, 11) is 3.33. The molecule has 0 aromatic heterocycles. The van der Waals surface area contributed by atoms with E-state index in [4.69, 9.17) is 14.7 Å². The molecule has 0 amide bonds. The summed E-state index contributed by atoms with van der Waals surface area (Å²) in [5.74, 6) is 0. The average molecular weight is 219 g/mol. The third-order valence-corrected chi connectivity index (χ3v) is 1.61. The molecule has 15 heavy (non-hydrogen) atoms. The second-order valence-corrected chi connectivity index (χ2v) is 2.81. The summed E-state index contributed by atoms with van der Waals surface area (Å²) in [5, 5.41) is 10.5. The maximum Gasteiger partial charge on any atom is 0.171 e. The molecule has 0 aliphatic carbocycles. The molecule has 0 spiro atoms. The van der Waals surface area contributed by atoms with Crippen molar-refractivity contribution in [3.63, 3.8) is 0 Å². The summed E-state index contributed by atoms with van der Waals surface area (Å²) >= 11 is 0. The lowest BCUT2D eigenvalue weighted by molar-refractivity contribution is -0.299. The maximum absolute atomic E-state index is 8.95. The molecule has 0 radical (unpaired) electrons. The quantitative estimate of drug-likeness (QED) is 0.405. The number of aliphatic hydroxyl groups is 1. The first kappa shape index (κ1) is 17.0. The van der Waals surface area contributed by atoms with Crippen LogP contribution in [-0.4, -0.2) is 36.8 Å². The first-order chi connectivity index (χ1) is 7.11. The highest BCUT2D eigenvalue weighted by molar-refractivity contribution is 4.68. The van der Waals surface area contributed by atoms with Crippen molar-refractivity contribution in [2.75, 3.05) is 14.2 Å². The van der Waals surface area contributed by atoms with Gasteiger partial charge in [-0.2, -0.15) is 5.06 Å². The molecule has 0 aromatic carbocycles. The monoisotopic (exact) mass is 219 g/mol. The largest absolute Gasteiger partial charge is 0.367 e. The molecular weight excluding hydrogens is 194 g/mol. The van der Waals surface area contributed by atoms with Crippen LogP contribution in [0.1, 0.15) is 33.6 Å². The highest BCUT2D eigenvalue weighted by Gasteiger charge is 2.14. The summed E-state index contributed by atoms with van der Waals surface area (Å²) in [6.45, 7) is 9.18. The second-order valence-electron chi connectivity index (χ2n) is 2.81. The van der Waals surface area contributed by atoms with E-state index in [-0.39, 0.29) is 6.23 Å². The molecule has 0 heterocycles. The van der Waals surface area contributed by atoms with Crippen LogP contribution in [0.4, 0.5) is 0 Å². The molecule has 0 saturated heterocycles. The SMILES string of the molecule is C=CCCC(OC)N(C)OC(C)O.CC. The maximum atomic E-state index is 8.95. The molecule has 0 aliphatic heterocycles. The zero-order valence-corrected chi connectivity index (χ0v) is 10.6. The molecular formula is C11H25NO3. The van der Waals surface area contributed by atoms with Crippen molar-refractivity contribution in [1.29, 1.82) is 0 Å². The molecule has 0 bridgehead atoms. The van der Waals surface area contributed by atoms with Crippen LogP contribution in [0.3, 0.4) is 0 Å². The van der Waals surface area contributed by atoms with Crippen molar-refractivity contribution >= 4 is 0 Å². The van der Waals surface area contributed by atoms with E-state index in [9.17, 15) is 0 Å². The van der Waals surface area contributed by atoms with Gasteiger partial charge in [-0.05, 0) is 19.8 Å². The normalized spacial score (nSPS) is 14.1. The minimum Gasteiger partial charge on any atom is -0.367 e. The minimum absolute atomic E-state index is 0.146. The van der Waals surface area contributed by atoms with Crippen molar-refractivity contribution in [2.24, 2.45) is 0 Å². The molecule has 4 heteroatoms. The Morgan fingerprint density at radius 3 is 2.33 bits per heavy atom. The first-order valence-corrected chi connectivity index (χ1v) is 5.33. The zero-order chi connectivity index (χ0) is 12.3. The van der Waals surface area contributed by atoms with Gasteiger partial charge in [-0.1, -0.05) is 19.9 Å². The summed E-state index contributed by atoms with van der Waals surface area (Å²) in [6.07, 6.45) is 2.51. The van der Waals surface area contributed by atoms with Gasteiger partial charge in [0.05, 0.1) is 0 Å². The van der Waals surface area contributed by atoms with Gasteiger partial charge in [0.15, 0.2) is 6.29 Å². The van der Waals surface area contributed by atoms with Gasteiger partial charge < -0.3 is 9.84 Å². The first-order valence-electron chi connectivity index (χ1n) is 5.33. The zero-order valence-electron chi connectivity index (χ0n) is 10.6. The van der Waals surface area contributed by atoms with Crippen molar-refractivity contribution in [1.82, 2.24) is 5.06 Å². The van der Waals surface area contributed by atoms with Crippen LogP contribution >= 0.6 is 0 Å². The van der Waals surface area contributed by atoms with E-state index in [1.54, 1.807) is 21.1 Å². The van der Waals surface area contributed by atoms with E-state index < -0.39 is 6.29 Å². The van der Waals surface area contributed by atoms with Crippen LogP contribution < -0.4 is 0 Å². The topological polar surface area (TPSA) is 41.9 Å². The smallest absolute Gasteiger partial charge is 0.171 e. The van der Waals surface area contributed by atoms with E-state index in [0.29, 0.717) is 0 Å². The van der Waals surface area contributed by atoms with Gasteiger partial charge in [-0.25, -0.2) is 0 Å². The highest BCUT2D eigenvalue weighted by Crippen LogP contribution is 2.07. The molecule has 4 nitrogen and oxygen atoms in total. The third-order valence-electron chi connectivity index (χ3n) is 1.61. The number of hydrogen-bond donors (Lipinski definition) is 1. The summed E-state index contributed by atoms with van der Waals surface area (Å²) in [4.78, 5) is 5.03. The van der Waals surface area contributed by atoms with E-state index in [0.717, 1.165) is 12.8 Å². The number of methoxy groups -OCH3 is 1. The van der Waals surface area contributed by atoms with Crippen LogP contribution in [0.15, 0.2) is 12.7 Å². The van der Waals surface area contributed by atoms with Gasteiger partial charge in [-0.15, -0.1) is 6.58 Å². The fourth-order valence-corrected chi connectivity index (χ4v) is 1.02. The summed E-state index contributed by atoms with van der Waals surface area (Å²) < 4.78 is 5.16. The number of aliphatic hydroxyl groups excluding tert-OH is 1. The Labute approximate surface area is 93.4 Å². The highest BCUT2D eigenvalue weighted by atomic mass is 16.8. The number of hydroxylamine groups is 2. The number of rotatable bonds is 7. The van der Waals surface area contributed by atoms with Gasteiger partial charge in [0, 0.05) is 14.2 Å². The van der Waals surface area contributed by atoms with Gasteiger partial charge in [0.1, 0.15) is 6.23 Å². The predicted octanol–water partition coefficient (Wildman–Crippen LogP) is 2.15. The molecule has 0 aliphatic rings. The molecule has 0 fully saturated rings. The number of allylic oxidation sites excluding steroid dienone is 1. The van der Waals surface area contributed by atoms with Crippen molar-refractivity contribution < 1.29 is 14.7 Å². The Morgan fingerprint density at radius 1 is 1.47 bits per heavy atom. The van der Waals surface area contributed by atoms with Crippen molar-refractivity contribution in [2.45, 2.75) is 46.1 Å². The van der Waals surface area contributed by atoms with Crippen molar-refractivity contribution in [3.8, 4) is 0 Å². The van der Waals surface area contributed by atoms with E-state index in [1.165, 1.54) is 5.06 Å². The third kappa shape index (κ3) is 9.87. The lowest BCUT2D eigenvalue weighted by atomic mass is 10.3. The molecule has 2 atom stereocenters. The number of hydrogen-bond acceptors (Lipinski definition) is 4. The van der Waals surface area contributed by atoms with Crippen molar-refractivity contribution in [3.05, 3.63) is 12.7 Å². The van der Waals surface area contributed by atoms with Gasteiger partial charge in [0.2, 0.25) is 0 Å². The van der Waals surface area contributed by atoms with Gasteiger partial charge >= 0.3 is 0 Å². The van der Waals surface area contributed by atoms with Crippen LogP contribution in [-0.2, 0) is 9.57 Å². The molecule has 0 aromatic rings. The lowest BCUT2D eigenvalue weighted by Crippen LogP contribution is -2.35.